The Morgan fingerprint density at radius 3 is 2.83 bits per heavy atom. The summed E-state index contributed by atoms with van der Waals surface area (Å²) in [4.78, 5) is 15.1. The van der Waals surface area contributed by atoms with Gasteiger partial charge in [-0.1, -0.05) is 6.07 Å². The van der Waals surface area contributed by atoms with Crippen molar-refractivity contribution in [3.63, 3.8) is 0 Å². The number of carbonyl (C=O) groups excluding carboxylic acids is 1. The lowest BCUT2D eigenvalue weighted by atomic mass is 10.1. The average Bonchev–Trinajstić information content (AvgIpc) is 2.77. The molecule has 1 fully saturated rings. The first-order chi connectivity index (χ1) is 8.50. The van der Waals surface area contributed by atoms with Gasteiger partial charge in [-0.2, -0.15) is 0 Å². The number of aryl methyl sites for hydroxylation is 1. The van der Waals surface area contributed by atoms with Gasteiger partial charge in [0.1, 0.15) is 0 Å². The first-order valence-electron chi connectivity index (χ1n) is 6.19. The van der Waals surface area contributed by atoms with E-state index in [1.807, 2.05) is 39.1 Å². The average molecular weight is 265 g/mol. The van der Waals surface area contributed by atoms with Crippen molar-refractivity contribution in [2.75, 3.05) is 13.7 Å². The predicted octanol–water partition coefficient (Wildman–Crippen LogP) is 2.53. The minimum atomic E-state index is 0.0470. The van der Waals surface area contributed by atoms with Crippen LogP contribution in [0.4, 0.5) is 0 Å². The van der Waals surface area contributed by atoms with E-state index < -0.39 is 0 Å². The van der Waals surface area contributed by atoms with Gasteiger partial charge in [-0.3, -0.25) is 4.79 Å². The van der Waals surface area contributed by atoms with E-state index in [2.05, 4.69) is 12.6 Å². The van der Waals surface area contributed by atoms with Crippen molar-refractivity contribution in [3.8, 4) is 0 Å². The van der Waals surface area contributed by atoms with E-state index >= 15 is 0 Å². The number of likely N-dealkylation sites (N-methyl/N-ethyl adjacent to an activating group) is 1. The zero-order valence-electron chi connectivity index (χ0n) is 11.0. The molecule has 0 aromatic heterocycles. The molecule has 3 nitrogen and oxygen atoms in total. The van der Waals surface area contributed by atoms with Crippen molar-refractivity contribution in [3.05, 3.63) is 29.3 Å². The second kappa shape index (κ2) is 5.33. The van der Waals surface area contributed by atoms with Crippen LogP contribution in [0.2, 0.25) is 0 Å². The fourth-order valence-corrected chi connectivity index (χ4v) is 2.61. The molecule has 0 saturated carbocycles. The van der Waals surface area contributed by atoms with Gasteiger partial charge < -0.3 is 9.64 Å². The van der Waals surface area contributed by atoms with E-state index in [1.54, 1.807) is 4.90 Å². The second-order valence-corrected chi connectivity index (χ2v) is 5.36. The number of hydrogen-bond donors (Lipinski definition) is 1. The van der Waals surface area contributed by atoms with Gasteiger partial charge in [0.05, 0.1) is 12.1 Å². The fourth-order valence-electron chi connectivity index (χ4n) is 2.41. The summed E-state index contributed by atoms with van der Waals surface area (Å²) in [5, 5.41) is 0. The van der Waals surface area contributed by atoms with Gasteiger partial charge in [-0.25, -0.2) is 0 Å². The Labute approximate surface area is 114 Å². The van der Waals surface area contributed by atoms with Gasteiger partial charge >= 0.3 is 0 Å². The van der Waals surface area contributed by atoms with Crippen LogP contribution in [0.1, 0.15) is 29.3 Å². The third kappa shape index (κ3) is 2.54. The lowest BCUT2D eigenvalue weighted by Gasteiger charge is -2.27. The van der Waals surface area contributed by atoms with Crippen LogP contribution in [0.3, 0.4) is 0 Å². The Hall–Kier alpha value is -1.00. The summed E-state index contributed by atoms with van der Waals surface area (Å²) in [5.41, 5.74) is 1.71. The standard InChI is InChI=1S/C14H19NO2S/c1-9-4-5-11(18)8-12(9)14(16)15(3)13-6-7-17-10(13)2/h4-5,8,10,13,18H,6-7H2,1-3H3. The molecule has 1 aromatic rings. The highest BCUT2D eigenvalue weighted by molar-refractivity contribution is 7.80. The van der Waals surface area contributed by atoms with Crippen LogP contribution in [0, 0.1) is 6.92 Å². The maximum Gasteiger partial charge on any atom is 0.254 e. The molecule has 1 aromatic carbocycles. The van der Waals surface area contributed by atoms with Gasteiger partial charge in [0.25, 0.3) is 5.91 Å². The van der Waals surface area contributed by atoms with Crippen LogP contribution in [0.15, 0.2) is 23.1 Å². The normalized spacial score (nSPS) is 23.1. The number of nitrogens with zero attached hydrogens (tertiary/aromatic N) is 1. The summed E-state index contributed by atoms with van der Waals surface area (Å²) < 4.78 is 5.52. The van der Waals surface area contributed by atoms with E-state index in [9.17, 15) is 4.79 Å². The summed E-state index contributed by atoms with van der Waals surface area (Å²) in [5.74, 6) is 0.0470. The van der Waals surface area contributed by atoms with E-state index in [-0.39, 0.29) is 18.1 Å². The number of rotatable bonds is 2. The highest BCUT2D eigenvalue weighted by Gasteiger charge is 2.31. The molecule has 2 unspecified atom stereocenters. The number of ether oxygens (including phenoxy) is 1. The van der Waals surface area contributed by atoms with Crippen molar-refractivity contribution in [2.45, 2.75) is 37.3 Å². The first kappa shape index (κ1) is 13.4. The lowest BCUT2D eigenvalue weighted by Crippen LogP contribution is -2.41. The van der Waals surface area contributed by atoms with E-state index in [0.29, 0.717) is 0 Å². The summed E-state index contributed by atoms with van der Waals surface area (Å²) in [6.45, 7) is 4.70. The molecule has 1 amide bonds. The van der Waals surface area contributed by atoms with Crippen molar-refractivity contribution in [1.82, 2.24) is 4.90 Å². The van der Waals surface area contributed by atoms with E-state index in [1.165, 1.54) is 0 Å². The Balaban J connectivity index is 2.22. The van der Waals surface area contributed by atoms with Gasteiger partial charge in [-0.05, 0) is 38.0 Å². The molecule has 2 rings (SSSR count). The van der Waals surface area contributed by atoms with Crippen molar-refractivity contribution >= 4 is 18.5 Å². The monoisotopic (exact) mass is 265 g/mol. The molecule has 1 aliphatic rings. The molecule has 0 aliphatic carbocycles. The summed E-state index contributed by atoms with van der Waals surface area (Å²) >= 11 is 4.30. The number of carbonyl (C=O) groups is 1. The highest BCUT2D eigenvalue weighted by atomic mass is 32.1. The Kier molecular flexibility index (Phi) is 3.97. The predicted molar refractivity (Wildman–Crippen MR) is 74.3 cm³/mol. The van der Waals surface area contributed by atoms with Gasteiger partial charge in [-0.15, -0.1) is 12.6 Å². The first-order valence-corrected chi connectivity index (χ1v) is 6.64. The Morgan fingerprint density at radius 1 is 1.50 bits per heavy atom. The summed E-state index contributed by atoms with van der Waals surface area (Å²) in [6.07, 6.45) is 1.02. The van der Waals surface area contributed by atoms with Gasteiger partial charge in [0.2, 0.25) is 0 Å². The molecule has 1 aliphatic heterocycles. The molecule has 4 heteroatoms. The van der Waals surface area contributed by atoms with E-state index in [0.717, 1.165) is 29.1 Å². The van der Waals surface area contributed by atoms with Crippen molar-refractivity contribution in [2.24, 2.45) is 0 Å². The molecule has 0 bridgehead atoms. The third-order valence-electron chi connectivity index (χ3n) is 3.61. The molecule has 2 atom stereocenters. The highest BCUT2D eigenvalue weighted by Crippen LogP contribution is 2.22. The Bertz CT molecular complexity index is 461. The number of benzene rings is 1. The molecule has 98 valence electrons. The molecular weight excluding hydrogens is 246 g/mol. The van der Waals surface area contributed by atoms with Crippen molar-refractivity contribution < 1.29 is 9.53 Å². The van der Waals surface area contributed by atoms with Crippen LogP contribution in [0.25, 0.3) is 0 Å². The second-order valence-electron chi connectivity index (χ2n) is 4.85. The van der Waals surface area contributed by atoms with Crippen LogP contribution >= 0.6 is 12.6 Å². The minimum Gasteiger partial charge on any atom is -0.376 e. The fraction of sp³-hybridized carbons (Fsp3) is 0.500. The summed E-state index contributed by atoms with van der Waals surface area (Å²) in [7, 11) is 1.85. The number of amides is 1. The molecule has 18 heavy (non-hydrogen) atoms. The molecular formula is C14H19NO2S. The lowest BCUT2D eigenvalue weighted by molar-refractivity contribution is 0.0574. The quantitative estimate of drug-likeness (QED) is 0.833. The zero-order chi connectivity index (χ0) is 13.3. The molecule has 0 spiro atoms. The smallest absolute Gasteiger partial charge is 0.254 e. The molecule has 0 radical (unpaired) electrons. The Morgan fingerprint density at radius 2 is 2.22 bits per heavy atom. The van der Waals surface area contributed by atoms with Crippen LogP contribution < -0.4 is 0 Å². The SMILES string of the molecule is Cc1ccc(S)cc1C(=O)N(C)C1CCOC1C. The van der Waals surface area contributed by atoms with E-state index in [4.69, 9.17) is 4.74 Å². The molecule has 1 saturated heterocycles. The van der Waals surface area contributed by atoms with Crippen LogP contribution in [-0.4, -0.2) is 36.6 Å². The van der Waals surface area contributed by atoms with Crippen LogP contribution in [0.5, 0.6) is 0 Å². The maximum absolute atomic E-state index is 12.5. The van der Waals surface area contributed by atoms with Crippen LogP contribution in [-0.2, 0) is 4.74 Å². The number of hydrogen-bond acceptors (Lipinski definition) is 3. The summed E-state index contributed by atoms with van der Waals surface area (Å²) in [6, 6.07) is 5.83. The maximum atomic E-state index is 12.5. The van der Waals surface area contributed by atoms with Gasteiger partial charge in [0, 0.05) is 24.1 Å². The minimum absolute atomic E-state index is 0.0470. The molecule has 0 N–H and O–H groups in total. The molecule has 1 heterocycles. The van der Waals surface area contributed by atoms with Gasteiger partial charge in [0.15, 0.2) is 0 Å². The topological polar surface area (TPSA) is 29.5 Å². The largest absolute Gasteiger partial charge is 0.376 e. The number of thiol groups is 1. The third-order valence-corrected chi connectivity index (χ3v) is 3.88. The zero-order valence-corrected chi connectivity index (χ0v) is 11.9. The van der Waals surface area contributed by atoms with Crippen molar-refractivity contribution in [1.29, 1.82) is 0 Å².